The van der Waals surface area contributed by atoms with Crippen LogP contribution in [0.15, 0.2) is 12.5 Å². The van der Waals surface area contributed by atoms with E-state index in [9.17, 15) is 9.59 Å². The first-order chi connectivity index (χ1) is 7.59. The summed E-state index contributed by atoms with van der Waals surface area (Å²) < 4.78 is 0. The number of rotatable bonds is 2. The van der Waals surface area contributed by atoms with Gasteiger partial charge in [0.2, 0.25) is 5.91 Å². The highest BCUT2D eigenvalue weighted by Crippen LogP contribution is 2.21. The van der Waals surface area contributed by atoms with E-state index in [1.165, 1.54) is 17.4 Å². The third-order valence-corrected chi connectivity index (χ3v) is 2.33. The maximum absolute atomic E-state index is 11.6. The smallest absolute Gasteiger partial charge is 0.341 e. The van der Waals surface area contributed by atoms with Gasteiger partial charge in [0.05, 0.1) is 0 Å². The van der Waals surface area contributed by atoms with Gasteiger partial charge in [-0.25, -0.2) is 14.8 Å². The second-order valence-corrected chi connectivity index (χ2v) is 3.53. The Kier molecular flexibility index (Phi) is 2.53. The van der Waals surface area contributed by atoms with Gasteiger partial charge < -0.3 is 10.8 Å². The average Bonchev–Trinajstić information content (AvgIpc) is 2.57. The summed E-state index contributed by atoms with van der Waals surface area (Å²) in [5.41, 5.74) is 5.53. The lowest BCUT2D eigenvalue weighted by Crippen LogP contribution is -2.30. The zero-order valence-corrected chi connectivity index (χ0v) is 8.33. The molecule has 16 heavy (non-hydrogen) atoms. The van der Waals surface area contributed by atoms with E-state index < -0.39 is 5.97 Å². The Morgan fingerprint density at radius 2 is 2.38 bits per heavy atom. The number of aromatic nitrogens is 2. The predicted octanol–water partition coefficient (Wildman–Crippen LogP) is -0.761. The number of carbonyl (C=O) groups is 2. The summed E-state index contributed by atoms with van der Waals surface area (Å²) in [6.07, 6.45) is 2.59. The van der Waals surface area contributed by atoms with Crippen molar-refractivity contribution in [2.24, 2.45) is 5.73 Å². The summed E-state index contributed by atoms with van der Waals surface area (Å²) in [6.45, 7) is 0.288. The summed E-state index contributed by atoms with van der Waals surface area (Å²) in [5, 5.41) is 8.93. The minimum Gasteiger partial charge on any atom is -0.477 e. The molecule has 1 saturated heterocycles. The number of nitrogens with zero attached hydrogens (tertiary/aromatic N) is 3. The minimum atomic E-state index is -1.16. The van der Waals surface area contributed by atoms with Gasteiger partial charge in [0.1, 0.15) is 11.9 Å². The van der Waals surface area contributed by atoms with Gasteiger partial charge in [0.25, 0.3) is 0 Å². The first-order valence-electron chi connectivity index (χ1n) is 4.69. The number of nitrogens with two attached hydrogens (primary N) is 1. The molecule has 7 nitrogen and oxygen atoms in total. The SMILES string of the molecule is NC1CC(=O)N(c2ncncc2C(=O)O)C1. The van der Waals surface area contributed by atoms with E-state index in [0.29, 0.717) is 0 Å². The maximum atomic E-state index is 11.6. The van der Waals surface area contributed by atoms with Crippen LogP contribution in [0.5, 0.6) is 0 Å². The van der Waals surface area contributed by atoms with Crippen molar-refractivity contribution >= 4 is 17.7 Å². The van der Waals surface area contributed by atoms with Crippen LogP contribution < -0.4 is 10.6 Å². The average molecular weight is 222 g/mol. The molecule has 0 spiro atoms. The van der Waals surface area contributed by atoms with Crippen LogP contribution in [-0.4, -0.2) is 39.5 Å². The zero-order chi connectivity index (χ0) is 11.7. The van der Waals surface area contributed by atoms with Gasteiger partial charge >= 0.3 is 5.97 Å². The Morgan fingerprint density at radius 3 is 2.94 bits per heavy atom. The highest BCUT2D eigenvalue weighted by atomic mass is 16.4. The molecule has 0 radical (unpaired) electrons. The van der Waals surface area contributed by atoms with E-state index in [-0.39, 0.29) is 36.3 Å². The highest BCUT2D eigenvalue weighted by Gasteiger charge is 2.31. The van der Waals surface area contributed by atoms with Gasteiger partial charge in [0.15, 0.2) is 5.82 Å². The van der Waals surface area contributed by atoms with Gasteiger partial charge in [-0.3, -0.25) is 9.69 Å². The van der Waals surface area contributed by atoms with Crippen molar-refractivity contribution < 1.29 is 14.7 Å². The van der Waals surface area contributed by atoms with E-state index in [0.717, 1.165) is 0 Å². The maximum Gasteiger partial charge on any atom is 0.341 e. The van der Waals surface area contributed by atoms with Crippen LogP contribution in [0.3, 0.4) is 0 Å². The molecule has 0 aromatic carbocycles. The molecule has 1 unspecified atom stereocenters. The fraction of sp³-hybridized carbons (Fsp3) is 0.333. The molecule has 2 rings (SSSR count). The zero-order valence-electron chi connectivity index (χ0n) is 8.33. The number of aromatic carboxylic acids is 1. The molecule has 0 saturated carbocycles. The third-order valence-electron chi connectivity index (χ3n) is 2.33. The molecule has 1 aliphatic heterocycles. The number of amides is 1. The Labute approximate surface area is 90.9 Å². The molecule has 1 aliphatic rings. The summed E-state index contributed by atoms with van der Waals surface area (Å²) in [5.74, 6) is -1.27. The molecular weight excluding hydrogens is 212 g/mol. The fourth-order valence-corrected chi connectivity index (χ4v) is 1.63. The fourth-order valence-electron chi connectivity index (χ4n) is 1.63. The monoisotopic (exact) mass is 222 g/mol. The topological polar surface area (TPSA) is 109 Å². The van der Waals surface area contributed by atoms with Crippen molar-refractivity contribution in [3.63, 3.8) is 0 Å². The van der Waals surface area contributed by atoms with Crippen molar-refractivity contribution in [2.45, 2.75) is 12.5 Å². The van der Waals surface area contributed by atoms with Crippen molar-refractivity contribution in [1.82, 2.24) is 9.97 Å². The van der Waals surface area contributed by atoms with Crippen molar-refractivity contribution in [1.29, 1.82) is 0 Å². The Morgan fingerprint density at radius 1 is 1.62 bits per heavy atom. The lowest BCUT2D eigenvalue weighted by atomic mass is 10.3. The van der Waals surface area contributed by atoms with Crippen LogP contribution in [0.4, 0.5) is 5.82 Å². The second kappa shape index (κ2) is 3.86. The Bertz CT molecular complexity index is 448. The molecule has 3 N–H and O–H groups in total. The third kappa shape index (κ3) is 1.72. The van der Waals surface area contributed by atoms with Gasteiger partial charge in [0, 0.05) is 25.2 Å². The first kappa shape index (κ1) is 10.5. The van der Waals surface area contributed by atoms with E-state index in [2.05, 4.69) is 9.97 Å². The van der Waals surface area contributed by atoms with Crippen LogP contribution in [0.1, 0.15) is 16.8 Å². The minimum absolute atomic E-state index is 0.0926. The summed E-state index contributed by atoms with van der Waals surface area (Å²) in [6, 6.07) is -0.274. The van der Waals surface area contributed by atoms with Crippen LogP contribution in [0.2, 0.25) is 0 Å². The quantitative estimate of drug-likeness (QED) is 0.680. The van der Waals surface area contributed by atoms with Gasteiger partial charge in [-0.05, 0) is 0 Å². The van der Waals surface area contributed by atoms with Crippen molar-refractivity contribution in [2.75, 3.05) is 11.4 Å². The Balaban J connectivity index is 2.40. The molecule has 2 heterocycles. The first-order valence-corrected chi connectivity index (χ1v) is 4.69. The van der Waals surface area contributed by atoms with Crippen LogP contribution in [-0.2, 0) is 4.79 Å². The van der Waals surface area contributed by atoms with Gasteiger partial charge in [-0.1, -0.05) is 0 Å². The number of carboxylic acid groups (broad SMARTS) is 1. The van der Waals surface area contributed by atoms with Crippen LogP contribution >= 0.6 is 0 Å². The summed E-state index contributed by atoms with van der Waals surface area (Å²) in [7, 11) is 0. The molecule has 84 valence electrons. The van der Waals surface area contributed by atoms with E-state index in [4.69, 9.17) is 10.8 Å². The summed E-state index contributed by atoms with van der Waals surface area (Å²) >= 11 is 0. The molecule has 0 bridgehead atoms. The molecule has 1 atom stereocenters. The molecule has 1 amide bonds. The van der Waals surface area contributed by atoms with Gasteiger partial charge in [-0.2, -0.15) is 0 Å². The highest BCUT2D eigenvalue weighted by molar-refractivity contribution is 6.01. The number of carbonyl (C=O) groups excluding carboxylic acids is 1. The molecule has 7 heteroatoms. The lowest BCUT2D eigenvalue weighted by molar-refractivity contribution is -0.117. The largest absolute Gasteiger partial charge is 0.477 e. The predicted molar refractivity (Wildman–Crippen MR) is 53.9 cm³/mol. The van der Waals surface area contributed by atoms with E-state index in [1.54, 1.807) is 0 Å². The van der Waals surface area contributed by atoms with Crippen LogP contribution in [0.25, 0.3) is 0 Å². The molecule has 1 fully saturated rings. The van der Waals surface area contributed by atoms with Gasteiger partial charge in [-0.15, -0.1) is 0 Å². The Hall–Kier alpha value is -2.02. The van der Waals surface area contributed by atoms with E-state index >= 15 is 0 Å². The standard InChI is InChI=1S/C9H10N4O3/c10-5-1-7(14)13(3-5)8-6(9(15)16)2-11-4-12-8/h2,4-5H,1,3,10H2,(H,15,16). The molecule has 1 aromatic rings. The molecular formula is C9H10N4O3. The summed E-state index contributed by atoms with van der Waals surface area (Å²) in [4.78, 5) is 31.2. The molecule has 1 aromatic heterocycles. The normalized spacial score (nSPS) is 20.2. The second-order valence-electron chi connectivity index (χ2n) is 3.53. The number of hydrogen-bond acceptors (Lipinski definition) is 5. The van der Waals surface area contributed by atoms with Crippen molar-refractivity contribution in [3.8, 4) is 0 Å². The van der Waals surface area contributed by atoms with E-state index in [1.807, 2.05) is 0 Å². The number of anilines is 1. The van der Waals surface area contributed by atoms with Crippen LogP contribution in [0, 0.1) is 0 Å². The van der Waals surface area contributed by atoms with Crippen molar-refractivity contribution in [3.05, 3.63) is 18.1 Å². The molecule has 0 aliphatic carbocycles. The number of carboxylic acids is 1. The lowest BCUT2D eigenvalue weighted by Gasteiger charge is -2.16. The number of hydrogen-bond donors (Lipinski definition) is 2.